The van der Waals surface area contributed by atoms with Crippen molar-refractivity contribution in [2.24, 2.45) is 0 Å². The van der Waals surface area contributed by atoms with Gasteiger partial charge in [-0.3, -0.25) is 9.48 Å². The summed E-state index contributed by atoms with van der Waals surface area (Å²) in [4.78, 5) is 15.7. The quantitative estimate of drug-likeness (QED) is 0.697. The molecule has 0 fully saturated rings. The van der Waals surface area contributed by atoms with Gasteiger partial charge in [-0.15, -0.1) is 0 Å². The van der Waals surface area contributed by atoms with E-state index in [9.17, 15) is 18.0 Å². The molecule has 1 aliphatic rings. The van der Waals surface area contributed by atoms with E-state index in [4.69, 9.17) is 0 Å². The first-order chi connectivity index (χ1) is 12.7. The Balaban J connectivity index is 1.83. The lowest BCUT2D eigenvalue weighted by Gasteiger charge is -2.25. The van der Waals surface area contributed by atoms with Crippen LogP contribution in [0.25, 0.3) is 10.2 Å². The van der Waals surface area contributed by atoms with Crippen molar-refractivity contribution in [3.8, 4) is 0 Å². The zero-order chi connectivity index (χ0) is 19.5. The molecule has 0 saturated carbocycles. The van der Waals surface area contributed by atoms with Gasteiger partial charge in [0.1, 0.15) is 11.0 Å². The first kappa shape index (κ1) is 17.8. The lowest BCUT2D eigenvalue weighted by Crippen LogP contribution is -2.37. The molecule has 0 bridgehead atoms. The molecular formula is C17H17F3N5OS+. The number of anilines is 1. The topological polar surface area (TPSA) is 73.1 Å². The van der Waals surface area contributed by atoms with Crippen LogP contribution in [-0.2, 0) is 12.7 Å². The summed E-state index contributed by atoms with van der Waals surface area (Å²) in [5.41, 5.74) is 1.78. The standard InChI is InChI=1S/C17H16F3N5OS/c1-4-25-6-9(8(3)24-25)14-22-12-11-7(2)5-10(17(18,19)20)21-16(11)27-13(12)15(26)23-14/h5-6,14,22H,4H2,1-3H3,(H,23,26)/p+1. The van der Waals surface area contributed by atoms with Gasteiger partial charge in [0.25, 0.3) is 16.4 Å². The SMILES string of the molecule is CCn1cc(C2NC(=O)c3sc4[nH+]c(C(F)(F)F)cc(C)c4c3N2)c(C)n1. The van der Waals surface area contributed by atoms with E-state index in [1.807, 2.05) is 20.0 Å². The molecule has 1 atom stereocenters. The number of halogens is 3. The Bertz CT molecular complexity index is 1070. The zero-order valence-corrected chi connectivity index (χ0v) is 15.6. The Morgan fingerprint density at radius 1 is 1.33 bits per heavy atom. The molecule has 4 heterocycles. The molecule has 0 radical (unpaired) electrons. The summed E-state index contributed by atoms with van der Waals surface area (Å²) in [6.07, 6.45) is -3.12. The number of thiophene rings is 1. The number of nitrogens with one attached hydrogen (secondary N) is 3. The Morgan fingerprint density at radius 2 is 2.07 bits per heavy atom. The van der Waals surface area contributed by atoms with E-state index in [-0.39, 0.29) is 5.91 Å². The van der Waals surface area contributed by atoms with Crippen molar-refractivity contribution in [1.29, 1.82) is 0 Å². The number of H-pyrrole nitrogens is 1. The fourth-order valence-electron chi connectivity index (χ4n) is 3.30. The average molecular weight is 396 g/mol. The third kappa shape index (κ3) is 2.84. The number of aromatic amines is 1. The van der Waals surface area contributed by atoms with E-state index in [1.54, 1.807) is 11.6 Å². The van der Waals surface area contributed by atoms with Gasteiger partial charge in [0.2, 0.25) is 0 Å². The van der Waals surface area contributed by atoms with E-state index in [0.29, 0.717) is 32.9 Å². The van der Waals surface area contributed by atoms with Crippen LogP contribution in [0.15, 0.2) is 12.3 Å². The molecule has 3 N–H and O–H groups in total. The number of fused-ring (bicyclic) bond motifs is 3. The molecule has 1 unspecified atom stereocenters. The predicted molar refractivity (Wildman–Crippen MR) is 94.6 cm³/mol. The van der Waals surface area contributed by atoms with Crippen molar-refractivity contribution >= 4 is 33.1 Å². The van der Waals surface area contributed by atoms with Gasteiger partial charge >= 0.3 is 6.18 Å². The second-order valence-electron chi connectivity index (χ2n) is 6.45. The Kier molecular flexibility index (Phi) is 3.91. The molecule has 1 aliphatic heterocycles. The van der Waals surface area contributed by atoms with Crippen LogP contribution in [0.5, 0.6) is 0 Å². The molecule has 0 saturated heterocycles. The molecule has 3 aromatic rings. The molecule has 0 aromatic carbocycles. The lowest BCUT2D eigenvalue weighted by atomic mass is 10.1. The van der Waals surface area contributed by atoms with Crippen molar-refractivity contribution in [3.63, 3.8) is 0 Å². The minimum atomic E-state index is -4.48. The molecule has 6 nitrogen and oxygen atoms in total. The second kappa shape index (κ2) is 5.95. The van der Waals surface area contributed by atoms with Gasteiger partial charge < -0.3 is 10.6 Å². The van der Waals surface area contributed by atoms with Crippen molar-refractivity contribution in [2.75, 3.05) is 5.32 Å². The first-order valence-corrected chi connectivity index (χ1v) is 9.18. The van der Waals surface area contributed by atoms with E-state index < -0.39 is 18.0 Å². The van der Waals surface area contributed by atoms with Crippen LogP contribution in [0.3, 0.4) is 0 Å². The Hall–Kier alpha value is -2.62. The fourth-order valence-corrected chi connectivity index (χ4v) is 4.45. The van der Waals surface area contributed by atoms with Crippen LogP contribution >= 0.6 is 11.3 Å². The molecule has 1 amide bonds. The largest absolute Gasteiger partial charge is 0.477 e. The summed E-state index contributed by atoms with van der Waals surface area (Å²) in [7, 11) is 0. The van der Waals surface area contributed by atoms with Crippen LogP contribution in [-0.4, -0.2) is 15.7 Å². The number of carbonyl (C=O) groups excluding carboxylic acids is 1. The van der Waals surface area contributed by atoms with Crippen molar-refractivity contribution in [3.05, 3.63) is 39.7 Å². The Labute approximate surface area is 156 Å². The maximum Gasteiger partial charge on any atom is 0.477 e. The highest BCUT2D eigenvalue weighted by Crippen LogP contribution is 2.41. The van der Waals surface area contributed by atoms with Crippen LogP contribution in [0.2, 0.25) is 0 Å². The van der Waals surface area contributed by atoms with Gasteiger partial charge in [-0.05, 0) is 26.3 Å². The summed E-state index contributed by atoms with van der Waals surface area (Å²) in [5, 5.41) is 11.1. The number of carbonyl (C=O) groups is 1. The summed E-state index contributed by atoms with van der Waals surface area (Å²) in [6.45, 7) is 6.13. The van der Waals surface area contributed by atoms with Crippen LogP contribution in [0, 0.1) is 13.8 Å². The van der Waals surface area contributed by atoms with E-state index in [2.05, 4.69) is 20.7 Å². The third-order valence-electron chi connectivity index (χ3n) is 4.61. The van der Waals surface area contributed by atoms with E-state index in [1.165, 1.54) is 0 Å². The minimum absolute atomic E-state index is 0.316. The number of alkyl halides is 3. The normalized spacial score (nSPS) is 17.0. The second-order valence-corrected chi connectivity index (χ2v) is 7.47. The molecule has 4 rings (SSSR count). The monoisotopic (exact) mass is 396 g/mol. The zero-order valence-electron chi connectivity index (χ0n) is 14.8. The molecule has 142 valence electrons. The number of hydrogen-bond donors (Lipinski definition) is 2. The molecule has 0 spiro atoms. The molecule has 3 aromatic heterocycles. The molecule has 27 heavy (non-hydrogen) atoms. The number of pyridine rings is 1. The highest BCUT2D eigenvalue weighted by atomic mass is 32.1. The van der Waals surface area contributed by atoms with Crippen molar-refractivity contribution in [2.45, 2.75) is 39.7 Å². The van der Waals surface area contributed by atoms with Crippen LogP contribution in [0.1, 0.15) is 45.3 Å². The third-order valence-corrected chi connectivity index (χ3v) is 5.71. The molecular weight excluding hydrogens is 379 g/mol. The van der Waals surface area contributed by atoms with Gasteiger partial charge in [0.15, 0.2) is 0 Å². The lowest BCUT2D eigenvalue weighted by molar-refractivity contribution is -0.396. The molecule has 0 aliphatic carbocycles. The fraction of sp³-hybridized carbons (Fsp3) is 0.353. The maximum absolute atomic E-state index is 13.1. The number of aromatic nitrogens is 3. The maximum atomic E-state index is 13.1. The smallest absolute Gasteiger partial charge is 0.359 e. The highest BCUT2D eigenvalue weighted by molar-refractivity contribution is 7.20. The highest BCUT2D eigenvalue weighted by Gasteiger charge is 2.40. The number of hydrogen-bond acceptors (Lipinski definition) is 4. The minimum Gasteiger partial charge on any atom is -0.359 e. The predicted octanol–water partition coefficient (Wildman–Crippen LogP) is 3.42. The average Bonchev–Trinajstić information content (AvgIpc) is 3.14. The number of rotatable bonds is 2. The Morgan fingerprint density at radius 3 is 2.70 bits per heavy atom. The van der Waals surface area contributed by atoms with Gasteiger partial charge in [0.05, 0.1) is 16.8 Å². The summed E-state index contributed by atoms with van der Waals surface area (Å²) in [5.74, 6) is -0.319. The number of nitrogens with zero attached hydrogens (tertiary/aromatic N) is 2. The summed E-state index contributed by atoms with van der Waals surface area (Å²) >= 11 is 1.01. The van der Waals surface area contributed by atoms with Crippen molar-refractivity contribution < 1.29 is 22.9 Å². The number of aryl methyl sites for hydroxylation is 3. The van der Waals surface area contributed by atoms with E-state index in [0.717, 1.165) is 28.7 Å². The first-order valence-electron chi connectivity index (χ1n) is 8.37. The molecule has 10 heteroatoms. The number of amides is 1. The van der Waals surface area contributed by atoms with E-state index >= 15 is 0 Å². The van der Waals surface area contributed by atoms with Gasteiger partial charge in [0, 0.05) is 24.4 Å². The van der Waals surface area contributed by atoms with Gasteiger partial charge in [-0.2, -0.15) is 23.3 Å². The van der Waals surface area contributed by atoms with Crippen LogP contribution in [0.4, 0.5) is 18.9 Å². The van der Waals surface area contributed by atoms with Gasteiger partial charge in [-0.1, -0.05) is 11.3 Å². The van der Waals surface area contributed by atoms with Crippen LogP contribution < -0.4 is 15.6 Å². The summed E-state index contributed by atoms with van der Waals surface area (Å²) in [6, 6.07) is 1.07. The summed E-state index contributed by atoms with van der Waals surface area (Å²) < 4.78 is 41.0. The van der Waals surface area contributed by atoms with Crippen molar-refractivity contribution in [1.82, 2.24) is 15.1 Å². The van der Waals surface area contributed by atoms with Gasteiger partial charge in [-0.25, -0.2) is 0 Å².